The van der Waals surface area contributed by atoms with Gasteiger partial charge in [0.15, 0.2) is 11.0 Å². The Morgan fingerprint density at radius 2 is 1.97 bits per heavy atom. The van der Waals surface area contributed by atoms with Gasteiger partial charge in [0.2, 0.25) is 5.91 Å². The van der Waals surface area contributed by atoms with Gasteiger partial charge in [0.1, 0.15) is 0 Å². The molecule has 1 aliphatic carbocycles. The number of carbonyl (C=O) groups is 1. The average Bonchev–Trinajstić information content (AvgIpc) is 3.17. The molecule has 3 rings (SSSR count). The minimum absolute atomic E-state index is 0.0674. The fourth-order valence-electron chi connectivity index (χ4n) is 3.52. The van der Waals surface area contributed by atoms with Crippen LogP contribution in [0.4, 0.5) is 0 Å². The van der Waals surface area contributed by atoms with E-state index >= 15 is 0 Å². The van der Waals surface area contributed by atoms with Gasteiger partial charge in [0.05, 0.1) is 11.8 Å². The molecule has 1 atom stereocenters. The van der Waals surface area contributed by atoms with Crippen molar-refractivity contribution in [3.05, 3.63) is 46.9 Å². The van der Waals surface area contributed by atoms with Gasteiger partial charge in [-0.25, -0.2) is 0 Å². The summed E-state index contributed by atoms with van der Waals surface area (Å²) in [5, 5.41) is 10.3. The zero-order valence-corrected chi connectivity index (χ0v) is 19.7. The molecular formula is C22H30ClN5OS. The number of nitrogens with zero attached hydrogens (tertiary/aromatic N) is 5. The number of allylic oxidation sites excluding steroid dienone is 2. The lowest BCUT2D eigenvalue weighted by Gasteiger charge is -2.26. The maximum absolute atomic E-state index is 13.0. The molecule has 1 aliphatic rings. The van der Waals surface area contributed by atoms with Crippen molar-refractivity contribution < 1.29 is 4.79 Å². The number of carbonyl (C=O) groups excluding carboxylic acids is 1. The summed E-state index contributed by atoms with van der Waals surface area (Å²) in [5.74, 6) is 1.27. The first kappa shape index (κ1) is 22.8. The minimum Gasteiger partial charge on any atom is -0.316 e. The van der Waals surface area contributed by atoms with E-state index in [2.05, 4.69) is 28.1 Å². The molecule has 0 saturated carbocycles. The van der Waals surface area contributed by atoms with Crippen LogP contribution in [0.1, 0.15) is 51.4 Å². The molecule has 0 unspecified atom stereocenters. The van der Waals surface area contributed by atoms with Crippen molar-refractivity contribution in [1.82, 2.24) is 24.6 Å². The molecule has 0 aliphatic heterocycles. The van der Waals surface area contributed by atoms with Crippen molar-refractivity contribution in [1.29, 1.82) is 0 Å². The first-order valence-electron chi connectivity index (χ1n) is 10.4. The number of rotatable bonds is 8. The van der Waals surface area contributed by atoms with E-state index < -0.39 is 0 Å². The number of benzene rings is 1. The number of amides is 1. The minimum atomic E-state index is 0.0674. The molecule has 0 fully saturated rings. The Morgan fingerprint density at radius 1 is 1.23 bits per heavy atom. The predicted octanol–water partition coefficient (Wildman–Crippen LogP) is 4.94. The largest absolute Gasteiger partial charge is 0.316 e. The van der Waals surface area contributed by atoms with E-state index in [-0.39, 0.29) is 11.9 Å². The standard InChI is InChI=1S/C22H30ClN5OS/c1-5-27(18-9-7-6-8-10-18)20(29)15-30-22-25-24-21(16(2)26(3)4)28(22)19-13-11-17(23)12-14-19/h9,11-14,16H,5-8,10,15H2,1-4H3/t16-/m1/s1. The summed E-state index contributed by atoms with van der Waals surface area (Å²) >= 11 is 7.51. The normalized spacial score (nSPS) is 15.2. The predicted molar refractivity (Wildman–Crippen MR) is 123 cm³/mol. The number of hydrogen-bond acceptors (Lipinski definition) is 5. The highest BCUT2D eigenvalue weighted by Gasteiger charge is 2.23. The maximum atomic E-state index is 13.0. The van der Waals surface area contributed by atoms with Crippen LogP contribution in [0.15, 0.2) is 41.2 Å². The highest BCUT2D eigenvalue weighted by atomic mass is 35.5. The second-order valence-corrected chi connectivity index (χ2v) is 9.04. The van der Waals surface area contributed by atoms with Crippen LogP contribution in [-0.2, 0) is 4.79 Å². The molecule has 30 heavy (non-hydrogen) atoms. The highest BCUT2D eigenvalue weighted by molar-refractivity contribution is 7.99. The first-order chi connectivity index (χ1) is 14.4. The molecule has 1 aromatic carbocycles. The molecule has 2 aromatic rings. The van der Waals surface area contributed by atoms with E-state index in [9.17, 15) is 4.79 Å². The van der Waals surface area contributed by atoms with Crippen molar-refractivity contribution in [2.75, 3.05) is 26.4 Å². The van der Waals surface area contributed by atoms with Gasteiger partial charge in [-0.05, 0) is 77.9 Å². The Morgan fingerprint density at radius 3 is 2.57 bits per heavy atom. The molecule has 0 N–H and O–H groups in total. The van der Waals surface area contributed by atoms with Gasteiger partial charge in [0, 0.05) is 23.0 Å². The Bertz CT molecular complexity index is 893. The van der Waals surface area contributed by atoms with Crippen molar-refractivity contribution in [2.45, 2.75) is 50.7 Å². The summed E-state index contributed by atoms with van der Waals surface area (Å²) in [4.78, 5) is 17.0. The van der Waals surface area contributed by atoms with Crippen molar-refractivity contribution in [3.63, 3.8) is 0 Å². The van der Waals surface area contributed by atoms with Crippen molar-refractivity contribution in [2.24, 2.45) is 0 Å². The monoisotopic (exact) mass is 447 g/mol. The van der Waals surface area contributed by atoms with Crippen LogP contribution in [0.25, 0.3) is 5.69 Å². The fraction of sp³-hybridized carbons (Fsp3) is 0.500. The lowest BCUT2D eigenvalue weighted by atomic mass is 10.0. The van der Waals surface area contributed by atoms with E-state index in [1.54, 1.807) is 0 Å². The third-order valence-electron chi connectivity index (χ3n) is 5.45. The summed E-state index contributed by atoms with van der Waals surface area (Å²) in [6.45, 7) is 4.81. The number of thioether (sulfide) groups is 1. The van der Waals surface area contributed by atoms with Gasteiger partial charge in [-0.1, -0.05) is 29.4 Å². The van der Waals surface area contributed by atoms with E-state index in [0.29, 0.717) is 22.5 Å². The Balaban J connectivity index is 1.84. The number of hydrogen-bond donors (Lipinski definition) is 0. The zero-order valence-electron chi connectivity index (χ0n) is 18.1. The molecule has 1 aromatic heterocycles. The van der Waals surface area contributed by atoms with E-state index in [4.69, 9.17) is 11.6 Å². The summed E-state index contributed by atoms with van der Waals surface area (Å²) in [6.07, 6.45) is 6.61. The Kier molecular flexibility index (Phi) is 7.97. The van der Waals surface area contributed by atoms with E-state index in [0.717, 1.165) is 36.5 Å². The quantitative estimate of drug-likeness (QED) is 0.536. The molecular weight excluding hydrogens is 418 g/mol. The molecule has 8 heteroatoms. The van der Waals surface area contributed by atoms with Crippen LogP contribution in [0.2, 0.25) is 5.02 Å². The van der Waals surface area contributed by atoms with E-state index in [1.807, 2.05) is 54.8 Å². The van der Waals surface area contributed by atoms with Crippen LogP contribution >= 0.6 is 23.4 Å². The summed E-state index contributed by atoms with van der Waals surface area (Å²) in [5.41, 5.74) is 2.10. The maximum Gasteiger partial charge on any atom is 0.237 e. The summed E-state index contributed by atoms with van der Waals surface area (Å²) in [6, 6.07) is 7.69. The highest BCUT2D eigenvalue weighted by Crippen LogP contribution is 2.28. The summed E-state index contributed by atoms with van der Waals surface area (Å²) < 4.78 is 2.02. The average molecular weight is 448 g/mol. The lowest BCUT2D eigenvalue weighted by Crippen LogP contribution is -2.32. The third kappa shape index (κ3) is 5.25. The van der Waals surface area contributed by atoms with Gasteiger partial charge in [-0.15, -0.1) is 10.2 Å². The van der Waals surface area contributed by atoms with Crippen LogP contribution in [0.5, 0.6) is 0 Å². The first-order valence-corrected chi connectivity index (χ1v) is 11.8. The van der Waals surface area contributed by atoms with Crippen molar-refractivity contribution >= 4 is 29.3 Å². The topological polar surface area (TPSA) is 54.3 Å². The molecule has 0 spiro atoms. The van der Waals surface area contributed by atoms with Crippen LogP contribution in [0.3, 0.4) is 0 Å². The SMILES string of the molecule is CCN(C(=O)CSc1nnc([C@@H](C)N(C)C)n1-c1ccc(Cl)cc1)C1=CCCCC1. The third-order valence-corrected chi connectivity index (χ3v) is 6.61. The molecule has 0 saturated heterocycles. The zero-order chi connectivity index (χ0) is 21.7. The molecule has 6 nitrogen and oxygen atoms in total. The molecule has 162 valence electrons. The smallest absolute Gasteiger partial charge is 0.237 e. The molecule has 0 radical (unpaired) electrons. The van der Waals surface area contributed by atoms with Gasteiger partial charge in [-0.3, -0.25) is 14.3 Å². The molecule has 1 amide bonds. The van der Waals surface area contributed by atoms with Gasteiger partial charge in [-0.2, -0.15) is 0 Å². The molecule has 0 bridgehead atoms. The second kappa shape index (κ2) is 10.5. The van der Waals surface area contributed by atoms with Gasteiger partial charge >= 0.3 is 0 Å². The Hall–Kier alpha value is -1.83. The lowest BCUT2D eigenvalue weighted by molar-refractivity contribution is -0.126. The van der Waals surface area contributed by atoms with E-state index in [1.165, 1.54) is 18.2 Å². The number of aromatic nitrogens is 3. The second-order valence-electron chi connectivity index (χ2n) is 7.66. The summed E-state index contributed by atoms with van der Waals surface area (Å²) in [7, 11) is 4.03. The van der Waals surface area contributed by atoms with Gasteiger partial charge < -0.3 is 4.90 Å². The molecule has 1 heterocycles. The van der Waals surface area contributed by atoms with Crippen LogP contribution < -0.4 is 0 Å². The van der Waals surface area contributed by atoms with Crippen LogP contribution in [0, 0.1) is 0 Å². The Labute approximate surface area is 188 Å². The van der Waals surface area contributed by atoms with Crippen molar-refractivity contribution in [3.8, 4) is 5.69 Å². The fourth-order valence-corrected chi connectivity index (χ4v) is 4.48. The number of halogens is 1. The van der Waals surface area contributed by atoms with Crippen LogP contribution in [-0.4, -0.2) is 56.9 Å². The van der Waals surface area contributed by atoms with Gasteiger partial charge in [0.25, 0.3) is 0 Å².